The Morgan fingerprint density at radius 1 is 0.365 bits per heavy atom. The fourth-order valence-electron chi connectivity index (χ4n) is 7.87. The number of para-hydroxylation sites is 1. The van der Waals surface area contributed by atoms with Crippen LogP contribution < -0.4 is 69.0 Å². The first-order valence-electron chi connectivity index (χ1n) is 28.0. The molecule has 5 rings (SSSR count). The van der Waals surface area contributed by atoms with Gasteiger partial charge in [-0.2, -0.15) is 0 Å². The summed E-state index contributed by atoms with van der Waals surface area (Å²) >= 11 is 0. The van der Waals surface area contributed by atoms with E-state index in [1.54, 1.807) is 0 Å². The van der Waals surface area contributed by atoms with Crippen molar-refractivity contribution < 1.29 is 4.74 Å². The number of hydrogen-bond donors (Lipinski definition) is 12. The maximum Gasteiger partial charge on any atom is 0.129 e. The number of aryl methyl sites for hydroxylation is 3. The SMILES string of the molecule is CCCNCNCCCNc1cc(C)cc(-c2ccccc2)c1.CCCNCNCCCNc1cc(C)cc(CNCCCNCCCN)c1.CCCNCNCCCNc1cc(C)cc(Oc2ccccc2)c1. The van der Waals surface area contributed by atoms with Gasteiger partial charge in [-0.05, 0) is 219 Å². The predicted octanol–water partition coefficient (Wildman–Crippen LogP) is 9.91. The number of anilines is 3. The maximum absolute atomic E-state index is 5.92. The fraction of sp³-hybridized carbons (Fsp3) is 0.508. The van der Waals surface area contributed by atoms with E-state index in [4.69, 9.17) is 10.5 Å². The van der Waals surface area contributed by atoms with E-state index >= 15 is 0 Å². The molecule has 0 amide bonds. The number of nitrogens with one attached hydrogen (secondary N) is 11. The lowest BCUT2D eigenvalue weighted by atomic mass is 10.0. The zero-order valence-electron chi connectivity index (χ0n) is 46.6. The Kier molecular flexibility index (Phi) is 36.9. The molecule has 410 valence electrons. The second-order valence-electron chi connectivity index (χ2n) is 18.9. The third-order valence-corrected chi connectivity index (χ3v) is 11.6. The van der Waals surface area contributed by atoms with Crippen molar-refractivity contribution in [1.82, 2.24) is 42.5 Å². The first-order valence-corrected chi connectivity index (χ1v) is 28.0. The zero-order chi connectivity index (χ0) is 52.9. The molecule has 0 spiro atoms. The molecule has 0 aliphatic rings. The number of nitrogens with two attached hydrogens (primary N) is 1. The van der Waals surface area contributed by atoms with Gasteiger partial charge in [-0.1, -0.05) is 81.4 Å². The second kappa shape index (κ2) is 43.2. The predicted molar refractivity (Wildman–Crippen MR) is 321 cm³/mol. The summed E-state index contributed by atoms with van der Waals surface area (Å²) in [6.07, 6.45) is 9.04. The summed E-state index contributed by atoms with van der Waals surface area (Å²) in [5, 5.41) is 37.7. The lowest BCUT2D eigenvalue weighted by Gasteiger charge is -2.12. The van der Waals surface area contributed by atoms with E-state index in [2.05, 4.69) is 185 Å². The van der Waals surface area contributed by atoms with Gasteiger partial charge < -0.3 is 69.0 Å². The molecule has 0 saturated heterocycles. The van der Waals surface area contributed by atoms with Crippen LogP contribution in [0.15, 0.2) is 115 Å². The van der Waals surface area contributed by atoms with Crippen LogP contribution in [-0.4, -0.2) is 105 Å². The Labute approximate surface area is 448 Å². The molecule has 0 heterocycles. The Morgan fingerprint density at radius 2 is 0.797 bits per heavy atom. The number of hydrogen-bond acceptors (Lipinski definition) is 13. The van der Waals surface area contributed by atoms with Crippen LogP contribution in [-0.2, 0) is 6.54 Å². The summed E-state index contributed by atoms with van der Waals surface area (Å²) in [5.41, 5.74) is 16.7. The summed E-state index contributed by atoms with van der Waals surface area (Å²) in [6.45, 7) is 29.6. The van der Waals surface area contributed by atoms with Gasteiger partial charge in [0.25, 0.3) is 0 Å². The molecule has 0 aliphatic carbocycles. The maximum atomic E-state index is 5.92. The van der Waals surface area contributed by atoms with Crippen LogP contribution in [0, 0.1) is 20.8 Å². The molecule has 0 radical (unpaired) electrons. The molecular formula is C61H100N12O. The van der Waals surface area contributed by atoms with E-state index in [1.165, 1.54) is 64.0 Å². The Hall–Kier alpha value is -5.06. The van der Waals surface area contributed by atoms with Gasteiger partial charge >= 0.3 is 0 Å². The van der Waals surface area contributed by atoms with Gasteiger partial charge in [-0.15, -0.1) is 0 Å². The van der Waals surface area contributed by atoms with Crippen LogP contribution in [0.25, 0.3) is 11.1 Å². The zero-order valence-corrected chi connectivity index (χ0v) is 46.6. The van der Waals surface area contributed by atoms with Crippen molar-refractivity contribution in [2.45, 2.75) is 99.5 Å². The van der Waals surface area contributed by atoms with Gasteiger partial charge in [-0.25, -0.2) is 0 Å². The molecular weight excluding hydrogens is 917 g/mol. The topological polar surface area (TPSA) is 168 Å². The standard InChI is InChI=1S/C21H42N6.C20H29N3O.C20H29N3/c1-3-8-25-18-26-12-6-13-27-21-15-19(2)14-20(16-21)17-24-11-5-10-23-9-4-7-22;1-3-10-21-16-22-11-7-12-23-18-13-17(2)14-20(15-18)24-19-8-5-4-6-9-19;1-3-10-21-16-22-11-7-12-23-20-14-17(2)13-19(15-20)18-8-5-4-6-9-18/h14-16,23-27H,3-13,17-18,22H2,1-2H3;4-6,8-9,13-15,21-23H,3,7,10-12,16H2,1-2H3;4-6,8-9,13-15,21-23H,3,7,10-12,16H2,1-2H3. The van der Waals surface area contributed by atoms with Gasteiger partial charge in [-0.3, -0.25) is 0 Å². The quantitative estimate of drug-likeness (QED) is 0.0133. The summed E-state index contributed by atoms with van der Waals surface area (Å²) < 4.78 is 5.92. The van der Waals surface area contributed by atoms with Gasteiger partial charge in [0.05, 0.1) is 0 Å². The van der Waals surface area contributed by atoms with Gasteiger partial charge in [0.2, 0.25) is 0 Å². The van der Waals surface area contributed by atoms with Crippen LogP contribution in [0.3, 0.4) is 0 Å². The van der Waals surface area contributed by atoms with E-state index < -0.39 is 0 Å². The Bertz CT molecular complexity index is 2050. The summed E-state index contributed by atoms with van der Waals surface area (Å²) in [6, 6.07) is 40.1. The first-order chi connectivity index (χ1) is 36.3. The fourth-order valence-corrected chi connectivity index (χ4v) is 7.87. The largest absolute Gasteiger partial charge is 0.457 e. The number of benzene rings is 5. The molecule has 0 bridgehead atoms. The Balaban J connectivity index is 0.000000294. The van der Waals surface area contributed by atoms with E-state index in [1.807, 2.05) is 30.3 Å². The molecule has 0 aromatic heterocycles. The highest BCUT2D eigenvalue weighted by Gasteiger charge is 2.04. The van der Waals surface area contributed by atoms with E-state index in [9.17, 15) is 0 Å². The van der Waals surface area contributed by atoms with Crippen molar-refractivity contribution in [2.75, 3.05) is 121 Å². The van der Waals surface area contributed by atoms with Crippen molar-refractivity contribution in [3.63, 3.8) is 0 Å². The van der Waals surface area contributed by atoms with Crippen molar-refractivity contribution in [1.29, 1.82) is 0 Å². The minimum absolute atomic E-state index is 0.766. The molecule has 0 saturated carbocycles. The van der Waals surface area contributed by atoms with E-state index in [0.717, 1.165) is 161 Å². The van der Waals surface area contributed by atoms with Gasteiger partial charge in [0.1, 0.15) is 11.5 Å². The molecule has 13 N–H and O–H groups in total. The lowest BCUT2D eigenvalue weighted by molar-refractivity contribution is 0.482. The highest BCUT2D eigenvalue weighted by molar-refractivity contribution is 5.69. The van der Waals surface area contributed by atoms with Crippen LogP contribution in [0.5, 0.6) is 11.5 Å². The third-order valence-electron chi connectivity index (χ3n) is 11.6. The van der Waals surface area contributed by atoms with Gasteiger partial charge in [0.15, 0.2) is 0 Å². The Morgan fingerprint density at radius 3 is 1.34 bits per heavy atom. The van der Waals surface area contributed by atoms with Crippen LogP contribution in [0.1, 0.15) is 94.4 Å². The first kappa shape index (κ1) is 63.2. The molecule has 74 heavy (non-hydrogen) atoms. The van der Waals surface area contributed by atoms with Crippen molar-refractivity contribution >= 4 is 17.1 Å². The molecule has 0 unspecified atom stereocenters. The van der Waals surface area contributed by atoms with Crippen molar-refractivity contribution in [2.24, 2.45) is 5.73 Å². The summed E-state index contributed by atoms with van der Waals surface area (Å²) in [7, 11) is 0. The molecule has 5 aromatic carbocycles. The summed E-state index contributed by atoms with van der Waals surface area (Å²) in [4.78, 5) is 0. The molecule has 5 aromatic rings. The van der Waals surface area contributed by atoms with Gasteiger partial charge in [0, 0.05) is 69.3 Å². The lowest BCUT2D eigenvalue weighted by Crippen LogP contribution is -2.30. The van der Waals surface area contributed by atoms with Crippen molar-refractivity contribution in [3.05, 3.63) is 138 Å². The second-order valence-corrected chi connectivity index (χ2v) is 18.9. The van der Waals surface area contributed by atoms with Crippen LogP contribution in [0.4, 0.5) is 17.1 Å². The van der Waals surface area contributed by atoms with Crippen molar-refractivity contribution in [3.8, 4) is 22.6 Å². The summed E-state index contributed by atoms with van der Waals surface area (Å²) in [5.74, 6) is 1.73. The third kappa shape index (κ3) is 32.3. The average Bonchev–Trinajstić information content (AvgIpc) is 3.40. The molecule has 0 aliphatic heterocycles. The smallest absolute Gasteiger partial charge is 0.129 e. The van der Waals surface area contributed by atoms with Crippen LogP contribution >= 0.6 is 0 Å². The monoisotopic (exact) mass is 1020 g/mol. The molecule has 13 heteroatoms. The number of ether oxygens (including phenoxy) is 1. The number of rotatable bonds is 39. The minimum Gasteiger partial charge on any atom is -0.457 e. The normalized spacial score (nSPS) is 10.8. The van der Waals surface area contributed by atoms with Crippen LogP contribution in [0.2, 0.25) is 0 Å². The highest BCUT2D eigenvalue weighted by atomic mass is 16.5. The molecule has 0 atom stereocenters. The molecule has 0 fully saturated rings. The minimum atomic E-state index is 0.766. The van der Waals surface area contributed by atoms with E-state index in [0.29, 0.717) is 0 Å². The average molecular weight is 1020 g/mol. The molecule has 13 nitrogen and oxygen atoms in total. The van der Waals surface area contributed by atoms with E-state index in [-0.39, 0.29) is 0 Å². The highest BCUT2D eigenvalue weighted by Crippen LogP contribution is 2.27.